The van der Waals surface area contributed by atoms with Crippen molar-refractivity contribution in [2.24, 2.45) is 0 Å². The molecule has 3 nitrogen and oxygen atoms in total. The molecule has 3 heteroatoms. The van der Waals surface area contributed by atoms with Gasteiger partial charge in [-0.05, 0) is 40.8 Å². The maximum Gasteiger partial charge on any atom is 0.336 e. The maximum atomic E-state index is 11.8. The number of benzene rings is 2. The molecule has 3 aromatic rings. The second kappa shape index (κ2) is 6.75. The van der Waals surface area contributed by atoms with E-state index in [1.807, 2.05) is 54.6 Å². The molecule has 24 heavy (non-hydrogen) atoms. The number of ether oxygens (including phenoxy) is 1. The molecule has 0 radical (unpaired) electrons. The molecule has 0 saturated carbocycles. The Balaban J connectivity index is 1.95. The first-order valence-electron chi connectivity index (χ1n) is 7.97. The van der Waals surface area contributed by atoms with Gasteiger partial charge in [0.2, 0.25) is 0 Å². The lowest BCUT2D eigenvalue weighted by molar-refractivity contribution is 0.415. The largest absolute Gasteiger partial charge is 0.497 e. The Kier molecular flexibility index (Phi) is 4.52. The van der Waals surface area contributed by atoms with Crippen LogP contribution in [0.25, 0.3) is 23.1 Å². The Labute approximate surface area is 141 Å². The minimum atomic E-state index is -0.303. The van der Waals surface area contributed by atoms with Gasteiger partial charge in [-0.3, -0.25) is 0 Å². The normalized spacial score (nSPS) is 11.5. The van der Waals surface area contributed by atoms with Crippen LogP contribution >= 0.6 is 0 Å². The average Bonchev–Trinajstić information content (AvgIpc) is 2.59. The van der Waals surface area contributed by atoms with Crippen LogP contribution in [0.5, 0.6) is 5.75 Å². The molecule has 0 atom stereocenters. The van der Waals surface area contributed by atoms with Gasteiger partial charge < -0.3 is 9.15 Å². The standard InChI is InChI=1S/C21H20O3/c1-14(2)19-13-21(22)24-20-12-16(8-11-18(19)20)5-4-15-6-9-17(23-3)10-7-15/h4-14H,1-3H3/b5-4+. The summed E-state index contributed by atoms with van der Waals surface area (Å²) in [6.07, 6.45) is 4.02. The lowest BCUT2D eigenvalue weighted by Gasteiger charge is -2.08. The average molecular weight is 320 g/mol. The third-order valence-corrected chi connectivity index (χ3v) is 4.01. The number of rotatable bonds is 4. The van der Waals surface area contributed by atoms with E-state index in [0.29, 0.717) is 5.58 Å². The molecule has 122 valence electrons. The molecule has 0 aliphatic heterocycles. The van der Waals surface area contributed by atoms with Crippen molar-refractivity contribution in [2.45, 2.75) is 19.8 Å². The van der Waals surface area contributed by atoms with E-state index in [-0.39, 0.29) is 11.5 Å². The second-order valence-electron chi connectivity index (χ2n) is 6.04. The molecule has 0 spiro atoms. The Bertz CT molecular complexity index is 931. The van der Waals surface area contributed by atoms with Crippen LogP contribution in [-0.4, -0.2) is 7.11 Å². The fourth-order valence-corrected chi connectivity index (χ4v) is 2.69. The molecule has 3 rings (SSSR count). The van der Waals surface area contributed by atoms with E-state index in [0.717, 1.165) is 27.8 Å². The molecule has 1 heterocycles. The first-order chi connectivity index (χ1) is 11.6. The van der Waals surface area contributed by atoms with Crippen molar-refractivity contribution >= 4 is 23.1 Å². The molecule has 2 aromatic carbocycles. The summed E-state index contributed by atoms with van der Waals surface area (Å²) in [6, 6.07) is 15.4. The lowest BCUT2D eigenvalue weighted by atomic mass is 9.98. The van der Waals surface area contributed by atoms with Gasteiger partial charge in [-0.1, -0.05) is 50.3 Å². The molecular weight excluding hydrogens is 300 g/mol. The summed E-state index contributed by atoms with van der Waals surface area (Å²) in [7, 11) is 1.65. The van der Waals surface area contributed by atoms with Gasteiger partial charge >= 0.3 is 5.63 Å². The van der Waals surface area contributed by atoms with E-state index in [1.165, 1.54) is 0 Å². The summed E-state index contributed by atoms with van der Waals surface area (Å²) < 4.78 is 10.5. The number of hydrogen-bond donors (Lipinski definition) is 0. The number of fused-ring (bicyclic) bond motifs is 1. The molecule has 0 unspecified atom stereocenters. The van der Waals surface area contributed by atoms with Crippen LogP contribution < -0.4 is 10.4 Å². The van der Waals surface area contributed by atoms with Crippen molar-refractivity contribution < 1.29 is 9.15 Å². The Morgan fingerprint density at radius 2 is 1.62 bits per heavy atom. The van der Waals surface area contributed by atoms with E-state index < -0.39 is 0 Å². The Morgan fingerprint density at radius 1 is 0.958 bits per heavy atom. The quantitative estimate of drug-likeness (QED) is 0.496. The molecule has 0 aliphatic carbocycles. The second-order valence-corrected chi connectivity index (χ2v) is 6.04. The van der Waals surface area contributed by atoms with Crippen LogP contribution in [0.1, 0.15) is 36.5 Å². The highest BCUT2D eigenvalue weighted by Gasteiger charge is 2.08. The van der Waals surface area contributed by atoms with Crippen molar-refractivity contribution in [3.63, 3.8) is 0 Å². The van der Waals surface area contributed by atoms with Gasteiger partial charge in [0.05, 0.1) is 7.11 Å². The highest BCUT2D eigenvalue weighted by atomic mass is 16.5. The molecule has 0 saturated heterocycles. The Hall–Kier alpha value is -2.81. The summed E-state index contributed by atoms with van der Waals surface area (Å²) in [5, 5.41) is 0.992. The Morgan fingerprint density at radius 3 is 2.29 bits per heavy atom. The van der Waals surface area contributed by atoms with Crippen LogP contribution in [0.3, 0.4) is 0 Å². The van der Waals surface area contributed by atoms with Crippen LogP contribution in [0, 0.1) is 0 Å². The zero-order valence-electron chi connectivity index (χ0n) is 14.1. The monoisotopic (exact) mass is 320 g/mol. The number of hydrogen-bond acceptors (Lipinski definition) is 3. The summed E-state index contributed by atoms with van der Waals surface area (Å²) in [4.78, 5) is 11.8. The predicted molar refractivity (Wildman–Crippen MR) is 98.5 cm³/mol. The van der Waals surface area contributed by atoms with Crippen molar-refractivity contribution in [3.05, 3.63) is 75.6 Å². The molecule has 0 bridgehead atoms. The van der Waals surface area contributed by atoms with Gasteiger partial charge in [0, 0.05) is 11.5 Å². The zero-order valence-corrected chi connectivity index (χ0v) is 14.1. The molecule has 1 aromatic heterocycles. The van der Waals surface area contributed by atoms with Crippen LogP contribution in [0.15, 0.2) is 57.7 Å². The SMILES string of the molecule is COc1ccc(/C=C/c2ccc3c(C(C)C)cc(=O)oc3c2)cc1. The van der Waals surface area contributed by atoms with Gasteiger partial charge in [-0.2, -0.15) is 0 Å². The smallest absolute Gasteiger partial charge is 0.336 e. The van der Waals surface area contributed by atoms with Crippen molar-refractivity contribution in [1.29, 1.82) is 0 Å². The first-order valence-corrected chi connectivity index (χ1v) is 7.97. The molecule has 0 N–H and O–H groups in total. The highest BCUT2D eigenvalue weighted by Crippen LogP contribution is 2.25. The van der Waals surface area contributed by atoms with Crippen molar-refractivity contribution in [3.8, 4) is 5.75 Å². The van der Waals surface area contributed by atoms with Crippen LogP contribution in [0.2, 0.25) is 0 Å². The molecular formula is C21H20O3. The summed E-state index contributed by atoms with van der Waals surface area (Å²) in [5.74, 6) is 1.11. The van der Waals surface area contributed by atoms with E-state index in [4.69, 9.17) is 9.15 Å². The maximum absolute atomic E-state index is 11.8. The van der Waals surface area contributed by atoms with Crippen molar-refractivity contribution in [2.75, 3.05) is 7.11 Å². The predicted octanol–water partition coefficient (Wildman–Crippen LogP) is 5.10. The molecule has 0 fully saturated rings. The van der Waals surface area contributed by atoms with E-state index in [1.54, 1.807) is 13.2 Å². The van der Waals surface area contributed by atoms with Gasteiger partial charge in [0.1, 0.15) is 11.3 Å². The topological polar surface area (TPSA) is 39.4 Å². The molecule has 0 amide bonds. The third kappa shape index (κ3) is 3.40. The summed E-state index contributed by atoms with van der Waals surface area (Å²) >= 11 is 0. The van der Waals surface area contributed by atoms with Gasteiger partial charge in [-0.25, -0.2) is 4.79 Å². The summed E-state index contributed by atoms with van der Waals surface area (Å²) in [6.45, 7) is 4.15. The van der Waals surface area contributed by atoms with Crippen LogP contribution in [-0.2, 0) is 0 Å². The van der Waals surface area contributed by atoms with Gasteiger partial charge in [0.15, 0.2) is 0 Å². The minimum absolute atomic E-state index is 0.275. The lowest BCUT2D eigenvalue weighted by Crippen LogP contribution is -2.01. The van der Waals surface area contributed by atoms with E-state index in [2.05, 4.69) is 13.8 Å². The zero-order chi connectivity index (χ0) is 17.1. The third-order valence-electron chi connectivity index (χ3n) is 4.01. The van der Waals surface area contributed by atoms with Gasteiger partial charge in [0.25, 0.3) is 0 Å². The van der Waals surface area contributed by atoms with Crippen molar-refractivity contribution in [1.82, 2.24) is 0 Å². The number of methoxy groups -OCH3 is 1. The minimum Gasteiger partial charge on any atom is -0.497 e. The fraction of sp³-hybridized carbons (Fsp3) is 0.190. The highest BCUT2D eigenvalue weighted by molar-refractivity contribution is 5.84. The summed E-state index contributed by atoms with van der Waals surface area (Å²) in [5.41, 5.74) is 3.41. The van der Waals surface area contributed by atoms with E-state index in [9.17, 15) is 4.79 Å². The first kappa shape index (κ1) is 16.1. The van der Waals surface area contributed by atoms with E-state index >= 15 is 0 Å². The fourth-order valence-electron chi connectivity index (χ4n) is 2.69. The van der Waals surface area contributed by atoms with Crippen LogP contribution in [0.4, 0.5) is 0 Å². The van der Waals surface area contributed by atoms with Gasteiger partial charge in [-0.15, -0.1) is 0 Å². The molecule has 0 aliphatic rings.